The van der Waals surface area contributed by atoms with Crippen molar-refractivity contribution in [2.45, 2.75) is 10.8 Å². The molecule has 0 N–H and O–H groups in total. The van der Waals surface area contributed by atoms with Crippen LogP contribution in [0, 0.1) is 4.91 Å². The van der Waals surface area contributed by atoms with Crippen molar-refractivity contribution >= 4 is 23.3 Å². The Labute approximate surface area is 158 Å². The molecule has 6 nitrogen and oxygen atoms in total. The van der Waals surface area contributed by atoms with Crippen LogP contribution in [-0.4, -0.2) is 41.4 Å². The van der Waals surface area contributed by atoms with Crippen molar-refractivity contribution in [2.75, 3.05) is 50.6 Å². The molecule has 2 aromatic carbocycles. The third kappa shape index (κ3) is 3.72. The molecule has 0 saturated carbocycles. The van der Waals surface area contributed by atoms with Crippen molar-refractivity contribution in [3.05, 3.63) is 46.9 Å². The van der Waals surface area contributed by atoms with Crippen LogP contribution in [0.2, 0.25) is 0 Å². The summed E-state index contributed by atoms with van der Waals surface area (Å²) in [6, 6.07) is 12.2. The predicted molar refractivity (Wildman–Crippen MR) is 107 cm³/mol. The highest BCUT2D eigenvalue weighted by molar-refractivity contribution is 8.00. The number of anilines is 2. The summed E-state index contributed by atoms with van der Waals surface area (Å²) in [6.07, 6.45) is 0. The van der Waals surface area contributed by atoms with Crippen LogP contribution in [0.25, 0.3) is 0 Å². The van der Waals surface area contributed by atoms with Gasteiger partial charge in [0.2, 0.25) is 0 Å². The van der Waals surface area contributed by atoms with Gasteiger partial charge in [-0.15, -0.1) is 0 Å². The summed E-state index contributed by atoms with van der Waals surface area (Å²) >= 11 is 1.62. The molecule has 0 aliphatic carbocycles. The molecular formula is C19H23N3O3S. The first kappa shape index (κ1) is 18.4. The zero-order chi connectivity index (χ0) is 18.7. The molecule has 0 bridgehead atoms. The van der Waals surface area contributed by atoms with Crippen molar-refractivity contribution in [3.8, 4) is 11.5 Å². The summed E-state index contributed by atoms with van der Waals surface area (Å²) in [5, 5.41) is 3.11. The fraction of sp³-hybridized carbons (Fsp3) is 0.368. The highest BCUT2D eigenvalue weighted by Gasteiger charge is 2.27. The molecule has 1 atom stereocenters. The fourth-order valence-corrected chi connectivity index (χ4v) is 4.06. The Balaban J connectivity index is 1.83. The lowest BCUT2D eigenvalue weighted by Gasteiger charge is -2.20. The second kappa shape index (κ2) is 7.86. The molecule has 0 aromatic heterocycles. The first-order valence-corrected chi connectivity index (χ1v) is 9.12. The van der Waals surface area contributed by atoms with E-state index in [1.165, 1.54) is 11.3 Å². The van der Waals surface area contributed by atoms with E-state index in [-0.39, 0.29) is 5.92 Å². The quantitative estimate of drug-likeness (QED) is 0.537. The Morgan fingerprint density at radius 1 is 1.19 bits per heavy atom. The summed E-state index contributed by atoms with van der Waals surface area (Å²) in [4.78, 5) is 14.0. The van der Waals surface area contributed by atoms with E-state index in [9.17, 15) is 4.91 Å². The van der Waals surface area contributed by atoms with Crippen LogP contribution in [0.5, 0.6) is 11.5 Å². The Morgan fingerprint density at radius 3 is 2.50 bits per heavy atom. The van der Waals surface area contributed by atoms with Crippen LogP contribution in [0.3, 0.4) is 0 Å². The summed E-state index contributed by atoms with van der Waals surface area (Å²) in [6.45, 7) is 1.15. The van der Waals surface area contributed by atoms with Crippen molar-refractivity contribution in [3.63, 3.8) is 0 Å². The van der Waals surface area contributed by atoms with E-state index in [1.54, 1.807) is 26.2 Å². The van der Waals surface area contributed by atoms with Gasteiger partial charge < -0.3 is 18.7 Å². The molecule has 1 aliphatic heterocycles. The molecule has 0 fully saturated rings. The number of nitroso groups, excluding NO2 is 1. The number of methoxy groups -OCH3 is 2. The molecule has 1 unspecified atom stereocenters. The number of likely N-dealkylation sites (N-methyl/N-ethyl adjacent to an activating group) is 1. The van der Waals surface area contributed by atoms with Crippen molar-refractivity contribution in [2.24, 2.45) is 5.18 Å². The zero-order valence-electron chi connectivity index (χ0n) is 15.4. The van der Waals surface area contributed by atoms with E-state index in [0.29, 0.717) is 6.54 Å². The molecule has 1 aliphatic rings. The monoisotopic (exact) mass is 373 g/mol. The number of hydrogen-bond donors (Lipinski definition) is 0. The topological polar surface area (TPSA) is 54.4 Å². The lowest BCUT2D eigenvalue weighted by molar-refractivity contribution is 0.394. The number of hydrogen-bond acceptors (Lipinski definition) is 7. The Morgan fingerprint density at radius 2 is 1.88 bits per heavy atom. The number of rotatable bonds is 7. The summed E-state index contributed by atoms with van der Waals surface area (Å²) < 4.78 is 12.8. The van der Waals surface area contributed by atoms with E-state index in [1.807, 2.05) is 32.3 Å². The van der Waals surface area contributed by atoms with Gasteiger partial charge in [0.1, 0.15) is 11.5 Å². The molecule has 0 amide bonds. The summed E-state index contributed by atoms with van der Waals surface area (Å²) in [5.41, 5.74) is 3.34. The molecule has 0 radical (unpaired) electrons. The highest BCUT2D eigenvalue weighted by Crippen LogP contribution is 2.40. The highest BCUT2D eigenvalue weighted by atomic mass is 32.2. The molecular weight excluding hydrogens is 350 g/mol. The first-order chi connectivity index (χ1) is 12.5. The van der Waals surface area contributed by atoms with Crippen LogP contribution in [-0.2, 0) is 0 Å². The second-order valence-corrected chi connectivity index (χ2v) is 7.47. The average molecular weight is 373 g/mol. The van der Waals surface area contributed by atoms with Gasteiger partial charge in [-0.25, -0.2) is 0 Å². The van der Waals surface area contributed by atoms with Gasteiger partial charge in [0.25, 0.3) is 0 Å². The van der Waals surface area contributed by atoms with Gasteiger partial charge in [0.15, 0.2) is 0 Å². The van der Waals surface area contributed by atoms with E-state index >= 15 is 0 Å². The lowest BCUT2D eigenvalue weighted by atomic mass is 10.0. The minimum atomic E-state index is 0.162. The summed E-state index contributed by atoms with van der Waals surface area (Å²) in [7, 11) is 7.33. The van der Waals surface area contributed by atoms with Crippen LogP contribution >= 0.6 is 11.9 Å². The van der Waals surface area contributed by atoms with Gasteiger partial charge in [-0.1, -0.05) is 5.18 Å². The van der Waals surface area contributed by atoms with Crippen LogP contribution in [0.4, 0.5) is 11.4 Å². The number of benzene rings is 2. The molecule has 2 aromatic rings. The standard InChI is InChI=1S/C19H23N3O3S/c1-21-12-13(11-20-23)18-10-17(5-6-19(18)21)26-22(2)14-7-15(24-3)9-16(8-14)25-4/h5-10,13H,11-12H2,1-4H3. The fourth-order valence-electron chi connectivity index (χ4n) is 3.22. The Kier molecular flexibility index (Phi) is 5.56. The van der Waals surface area contributed by atoms with Crippen LogP contribution in [0.15, 0.2) is 46.5 Å². The van der Waals surface area contributed by atoms with E-state index in [4.69, 9.17) is 9.47 Å². The molecule has 0 saturated heterocycles. The molecule has 0 spiro atoms. The minimum Gasteiger partial charge on any atom is -0.497 e. The van der Waals surface area contributed by atoms with E-state index < -0.39 is 0 Å². The average Bonchev–Trinajstić information content (AvgIpc) is 2.96. The van der Waals surface area contributed by atoms with Gasteiger partial charge in [-0.3, -0.25) is 0 Å². The normalized spacial score (nSPS) is 15.5. The molecule has 138 valence electrons. The van der Waals surface area contributed by atoms with Gasteiger partial charge in [0.05, 0.1) is 26.5 Å². The van der Waals surface area contributed by atoms with Crippen molar-refractivity contribution in [1.82, 2.24) is 0 Å². The van der Waals surface area contributed by atoms with E-state index in [2.05, 4.69) is 32.6 Å². The Bertz CT molecular complexity index is 777. The lowest BCUT2D eigenvalue weighted by Crippen LogP contribution is -2.16. The zero-order valence-corrected chi connectivity index (χ0v) is 16.2. The van der Waals surface area contributed by atoms with Crippen molar-refractivity contribution in [1.29, 1.82) is 0 Å². The second-order valence-electron chi connectivity index (χ2n) is 6.27. The SMILES string of the molecule is COc1cc(OC)cc(N(C)Sc2ccc3c(c2)C(CN=O)CN3C)c1. The molecule has 26 heavy (non-hydrogen) atoms. The van der Waals surface area contributed by atoms with Crippen LogP contribution in [0.1, 0.15) is 11.5 Å². The van der Waals surface area contributed by atoms with Crippen molar-refractivity contribution < 1.29 is 9.47 Å². The Hall–Kier alpha value is -2.41. The number of ether oxygens (including phenoxy) is 2. The van der Waals surface area contributed by atoms with Gasteiger partial charge in [-0.05, 0) is 35.7 Å². The summed E-state index contributed by atoms with van der Waals surface area (Å²) in [5.74, 6) is 1.66. The van der Waals surface area contributed by atoms with Crippen LogP contribution < -0.4 is 18.7 Å². The predicted octanol–water partition coefficient (Wildman–Crippen LogP) is 4.15. The number of nitrogens with zero attached hydrogens (tertiary/aromatic N) is 3. The van der Waals surface area contributed by atoms with Gasteiger partial charge in [0, 0.05) is 55.3 Å². The van der Waals surface area contributed by atoms with Gasteiger partial charge >= 0.3 is 0 Å². The smallest absolute Gasteiger partial charge is 0.124 e. The van der Waals surface area contributed by atoms with Gasteiger partial charge in [-0.2, -0.15) is 4.91 Å². The number of fused-ring (bicyclic) bond motifs is 1. The largest absolute Gasteiger partial charge is 0.497 e. The molecule has 7 heteroatoms. The third-order valence-corrected chi connectivity index (χ3v) is 5.53. The maximum absolute atomic E-state index is 10.7. The third-order valence-electron chi connectivity index (χ3n) is 4.58. The minimum absolute atomic E-state index is 0.162. The first-order valence-electron chi connectivity index (χ1n) is 8.34. The van der Waals surface area contributed by atoms with E-state index in [0.717, 1.165) is 28.6 Å². The molecule has 3 rings (SSSR count). The maximum atomic E-state index is 10.7. The molecule has 1 heterocycles. The maximum Gasteiger partial charge on any atom is 0.124 e.